The first-order chi connectivity index (χ1) is 5.88. The second-order valence-electron chi connectivity index (χ2n) is 3.27. The molecule has 0 aliphatic heterocycles. The summed E-state index contributed by atoms with van der Waals surface area (Å²) in [6.07, 6.45) is 0.723. The van der Waals surface area contributed by atoms with Gasteiger partial charge in [0.1, 0.15) is 0 Å². The van der Waals surface area contributed by atoms with E-state index in [1.165, 1.54) is 21.2 Å². The Balaban J connectivity index is 3.02. The summed E-state index contributed by atoms with van der Waals surface area (Å²) in [5.41, 5.74) is 0. The Hall–Kier alpha value is -0.620. The molecule has 0 aromatic heterocycles. The molecule has 1 saturated carbocycles. The molecule has 0 radical (unpaired) electrons. The molecule has 1 fully saturated rings. The third-order valence-corrected chi connectivity index (χ3v) is 4.76. The largest absolute Gasteiger partial charge is 0.468 e. The maximum absolute atomic E-state index is 11.6. The van der Waals surface area contributed by atoms with E-state index in [9.17, 15) is 13.2 Å². The van der Waals surface area contributed by atoms with Crippen molar-refractivity contribution in [2.24, 2.45) is 0 Å². The van der Waals surface area contributed by atoms with Gasteiger partial charge in [-0.05, 0) is 12.8 Å². The highest BCUT2D eigenvalue weighted by molar-refractivity contribution is 7.91. The van der Waals surface area contributed by atoms with Crippen LogP contribution in [0.1, 0.15) is 12.8 Å². The highest BCUT2D eigenvalue weighted by Crippen LogP contribution is 2.45. The minimum atomic E-state index is -3.52. The lowest BCUT2D eigenvalue weighted by molar-refractivity contribution is -0.141. The van der Waals surface area contributed by atoms with Crippen molar-refractivity contribution in [1.29, 1.82) is 0 Å². The van der Waals surface area contributed by atoms with Gasteiger partial charge in [-0.2, -0.15) is 0 Å². The van der Waals surface area contributed by atoms with Gasteiger partial charge in [0.05, 0.1) is 7.11 Å². The third kappa shape index (κ3) is 1.34. The van der Waals surface area contributed by atoms with Crippen LogP contribution in [0.4, 0.5) is 0 Å². The van der Waals surface area contributed by atoms with E-state index in [2.05, 4.69) is 4.74 Å². The van der Waals surface area contributed by atoms with Crippen LogP contribution >= 0.6 is 0 Å². The molecule has 76 valence electrons. The van der Waals surface area contributed by atoms with Crippen LogP contribution in [0.5, 0.6) is 0 Å². The maximum atomic E-state index is 11.6. The number of esters is 1. The lowest BCUT2D eigenvalue weighted by Gasteiger charge is -2.18. The number of methoxy groups -OCH3 is 1. The van der Waals surface area contributed by atoms with Crippen LogP contribution < -0.4 is 0 Å². The molecular formula is C7H13NO4S. The van der Waals surface area contributed by atoms with Gasteiger partial charge in [-0.3, -0.25) is 4.79 Å². The van der Waals surface area contributed by atoms with Crippen molar-refractivity contribution in [1.82, 2.24) is 4.31 Å². The highest BCUT2D eigenvalue weighted by atomic mass is 32.2. The number of carbonyl (C=O) groups excluding carboxylic acids is 1. The number of rotatable bonds is 3. The Morgan fingerprint density at radius 3 is 2.08 bits per heavy atom. The van der Waals surface area contributed by atoms with Crippen LogP contribution in [0.15, 0.2) is 0 Å². The van der Waals surface area contributed by atoms with Crippen LogP contribution in [0.3, 0.4) is 0 Å². The second kappa shape index (κ2) is 2.95. The first-order valence-electron chi connectivity index (χ1n) is 3.89. The van der Waals surface area contributed by atoms with Gasteiger partial charge in [-0.15, -0.1) is 0 Å². The Kier molecular flexibility index (Phi) is 2.38. The Labute approximate surface area is 77.7 Å². The zero-order valence-corrected chi connectivity index (χ0v) is 8.72. The van der Waals surface area contributed by atoms with Crippen LogP contribution in [0.2, 0.25) is 0 Å². The molecule has 0 spiro atoms. The van der Waals surface area contributed by atoms with Gasteiger partial charge in [-0.25, -0.2) is 12.7 Å². The molecule has 1 aliphatic rings. The van der Waals surface area contributed by atoms with Crippen molar-refractivity contribution in [2.45, 2.75) is 17.6 Å². The minimum Gasteiger partial charge on any atom is -0.468 e. The number of sulfonamides is 1. The number of nitrogens with zero attached hydrogens (tertiary/aromatic N) is 1. The van der Waals surface area contributed by atoms with Crippen LogP contribution in [-0.4, -0.2) is 44.6 Å². The van der Waals surface area contributed by atoms with E-state index in [4.69, 9.17) is 0 Å². The predicted octanol–water partition coefficient (Wildman–Crippen LogP) is -0.417. The van der Waals surface area contributed by atoms with Gasteiger partial charge >= 0.3 is 5.97 Å². The van der Waals surface area contributed by atoms with E-state index in [0.717, 1.165) is 4.31 Å². The number of hydrogen-bond acceptors (Lipinski definition) is 4. The van der Waals surface area contributed by atoms with E-state index >= 15 is 0 Å². The van der Waals surface area contributed by atoms with Crippen molar-refractivity contribution in [3.63, 3.8) is 0 Å². The van der Waals surface area contributed by atoms with E-state index < -0.39 is 20.7 Å². The van der Waals surface area contributed by atoms with Gasteiger partial charge in [0, 0.05) is 14.1 Å². The summed E-state index contributed by atoms with van der Waals surface area (Å²) in [6.45, 7) is 0. The van der Waals surface area contributed by atoms with E-state index in [1.54, 1.807) is 0 Å². The second-order valence-corrected chi connectivity index (χ2v) is 5.74. The number of carbonyl (C=O) groups is 1. The summed E-state index contributed by atoms with van der Waals surface area (Å²) in [5.74, 6) is -0.652. The Bertz CT molecular complexity index is 315. The SMILES string of the molecule is COC(=O)C1(S(=O)(=O)N(C)C)CC1. The molecular weight excluding hydrogens is 194 g/mol. The van der Waals surface area contributed by atoms with Crippen molar-refractivity contribution < 1.29 is 17.9 Å². The molecule has 0 bridgehead atoms. The Morgan fingerprint density at radius 1 is 1.38 bits per heavy atom. The smallest absolute Gasteiger partial charge is 0.328 e. The van der Waals surface area contributed by atoms with Gasteiger partial charge < -0.3 is 4.74 Å². The van der Waals surface area contributed by atoms with Gasteiger partial charge in [0.15, 0.2) is 4.75 Å². The normalized spacial score (nSPS) is 20.0. The molecule has 0 N–H and O–H groups in total. The van der Waals surface area contributed by atoms with Crippen LogP contribution in [0.25, 0.3) is 0 Å². The molecule has 0 unspecified atom stereocenters. The first-order valence-corrected chi connectivity index (χ1v) is 5.33. The van der Waals surface area contributed by atoms with Crippen molar-refractivity contribution in [3.8, 4) is 0 Å². The lowest BCUT2D eigenvalue weighted by Crippen LogP contribution is -2.41. The van der Waals surface area contributed by atoms with Gasteiger partial charge in [0.25, 0.3) is 0 Å². The molecule has 5 nitrogen and oxygen atoms in total. The van der Waals surface area contributed by atoms with Gasteiger partial charge in [0.2, 0.25) is 10.0 Å². The summed E-state index contributed by atoms with van der Waals surface area (Å²) in [4.78, 5) is 11.2. The topological polar surface area (TPSA) is 63.7 Å². The predicted molar refractivity (Wildman–Crippen MR) is 46.6 cm³/mol. The summed E-state index contributed by atoms with van der Waals surface area (Å²) in [7, 11) is 0.514. The lowest BCUT2D eigenvalue weighted by atomic mass is 10.4. The minimum absolute atomic E-state index is 0.361. The molecule has 1 aliphatic carbocycles. The molecule has 0 heterocycles. The summed E-state index contributed by atoms with van der Waals surface area (Å²) in [5, 5.41) is 0. The van der Waals surface area contributed by atoms with E-state index in [-0.39, 0.29) is 0 Å². The molecule has 0 aromatic rings. The Morgan fingerprint density at radius 2 is 1.85 bits per heavy atom. The first kappa shape index (κ1) is 10.5. The summed E-state index contributed by atoms with van der Waals surface area (Å²) < 4.78 is 27.5. The fourth-order valence-corrected chi connectivity index (χ4v) is 2.83. The molecule has 0 aromatic carbocycles. The van der Waals surface area contributed by atoms with E-state index in [0.29, 0.717) is 12.8 Å². The van der Waals surface area contributed by atoms with Crippen molar-refractivity contribution >= 4 is 16.0 Å². The van der Waals surface area contributed by atoms with E-state index in [1.807, 2.05) is 0 Å². The molecule has 1 rings (SSSR count). The quantitative estimate of drug-likeness (QED) is 0.590. The monoisotopic (exact) mass is 207 g/mol. The van der Waals surface area contributed by atoms with Gasteiger partial charge in [-0.1, -0.05) is 0 Å². The standard InChI is InChI=1S/C7H13NO4S/c1-8(2)13(10,11)7(4-5-7)6(9)12-3/h4-5H2,1-3H3. The van der Waals surface area contributed by atoms with Crippen molar-refractivity contribution in [3.05, 3.63) is 0 Å². The summed E-state index contributed by atoms with van der Waals surface area (Å²) >= 11 is 0. The zero-order valence-electron chi connectivity index (χ0n) is 7.90. The molecule has 0 atom stereocenters. The fraction of sp³-hybridized carbons (Fsp3) is 0.857. The zero-order chi connectivity index (χ0) is 10.3. The molecule has 13 heavy (non-hydrogen) atoms. The summed E-state index contributed by atoms with van der Waals surface area (Å²) in [6, 6.07) is 0. The molecule has 6 heteroatoms. The average molecular weight is 207 g/mol. The van der Waals surface area contributed by atoms with Crippen LogP contribution in [-0.2, 0) is 19.6 Å². The number of hydrogen-bond donors (Lipinski definition) is 0. The third-order valence-electron chi connectivity index (χ3n) is 2.24. The fourth-order valence-electron chi connectivity index (χ4n) is 1.22. The molecule has 0 saturated heterocycles. The van der Waals surface area contributed by atoms with Crippen molar-refractivity contribution in [2.75, 3.05) is 21.2 Å². The maximum Gasteiger partial charge on any atom is 0.328 e. The molecule has 0 amide bonds. The van der Waals surface area contributed by atoms with Crippen LogP contribution in [0, 0.1) is 0 Å². The average Bonchev–Trinajstić information content (AvgIpc) is 2.83. The highest BCUT2D eigenvalue weighted by Gasteiger charge is 2.62. The number of ether oxygens (including phenoxy) is 1.